The normalized spacial score (nSPS) is 11.0. The highest BCUT2D eigenvalue weighted by atomic mass is 32.2. The monoisotopic (exact) mass is 650 g/mol. The van der Waals surface area contributed by atoms with Gasteiger partial charge >= 0.3 is 0 Å². The van der Waals surface area contributed by atoms with Gasteiger partial charge in [0, 0.05) is 27.1 Å². The molecular formula is C35H30N4O5S2. The van der Waals surface area contributed by atoms with Crippen molar-refractivity contribution in [2.75, 3.05) is 30.6 Å². The molecule has 9 nitrogen and oxygen atoms in total. The van der Waals surface area contributed by atoms with E-state index in [4.69, 9.17) is 9.47 Å². The van der Waals surface area contributed by atoms with Crippen LogP contribution in [-0.2, 0) is 9.59 Å². The van der Waals surface area contributed by atoms with Crippen molar-refractivity contribution in [3.05, 3.63) is 125 Å². The van der Waals surface area contributed by atoms with E-state index >= 15 is 0 Å². The number of thioether (sulfide) groups is 1. The predicted molar refractivity (Wildman–Crippen MR) is 183 cm³/mol. The number of anilines is 2. The Hall–Kier alpha value is -5.39. The van der Waals surface area contributed by atoms with Gasteiger partial charge in [0.05, 0.1) is 25.7 Å². The molecule has 4 aromatic carbocycles. The molecule has 0 saturated heterocycles. The fourth-order valence-electron chi connectivity index (χ4n) is 4.20. The first-order valence-electron chi connectivity index (χ1n) is 14.1. The van der Waals surface area contributed by atoms with Gasteiger partial charge in [-0.1, -0.05) is 30.3 Å². The topological polar surface area (TPSA) is 119 Å². The highest BCUT2D eigenvalue weighted by Gasteiger charge is 2.16. The number of rotatable bonds is 12. The average molecular weight is 651 g/mol. The van der Waals surface area contributed by atoms with Crippen LogP contribution in [0, 0.1) is 0 Å². The highest BCUT2D eigenvalue weighted by Crippen LogP contribution is 2.27. The minimum atomic E-state index is -0.496. The van der Waals surface area contributed by atoms with Crippen LogP contribution in [0.1, 0.15) is 15.9 Å². The van der Waals surface area contributed by atoms with Gasteiger partial charge in [-0.15, -0.1) is 23.1 Å². The average Bonchev–Trinajstić information content (AvgIpc) is 3.56. The smallest absolute Gasteiger partial charge is 0.272 e. The lowest BCUT2D eigenvalue weighted by Gasteiger charge is -2.12. The fraction of sp³-hybridized carbons (Fsp3) is 0.0857. The van der Waals surface area contributed by atoms with E-state index < -0.39 is 11.8 Å². The summed E-state index contributed by atoms with van der Waals surface area (Å²) in [5.41, 5.74) is 3.39. The third-order valence-electron chi connectivity index (χ3n) is 6.55. The maximum Gasteiger partial charge on any atom is 0.272 e. The number of methoxy groups -OCH3 is 2. The second-order valence-electron chi connectivity index (χ2n) is 9.74. The van der Waals surface area contributed by atoms with Crippen LogP contribution >= 0.6 is 23.1 Å². The number of nitrogens with zero attached hydrogens (tertiary/aromatic N) is 1. The van der Waals surface area contributed by atoms with Crippen molar-refractivity contribution in [2.45, 2.75) is 4.90 Å². The van der Waals surface area contributed by atoms with Gasteiger partial charge in [0.1, 0.15) is 17.2 Å². The van der Waals surface area contributed by atoms with Crippen LogP contribution in [0.15, 0.2) is 119 Å². The van der Waals surface area contributed by atoms with Crippen LogP contribution in [0.3, 0.4) is 0 Å². The SMILES string of the molecule is COc1ccc(-c2csc(NC(=O)CSc3ccc(NC(=O)/C(=C/c4cccc(OC)c4)NC(=O)c4ccccc4)cc3)n2)cc1. The van der Waals surface area contributed by atoms with E-state index in [1.165, 1.54) is 23.1 Å². The van der Waals surface area contributed by atoms with Crippen LogP contribution in [0.5, 0.6) is 11.5 Å². The molecule has 0 unspecified atom stereocenters. The molecule has 3 N–H and O–H groups in total. The van der Waals surface area contributed by atoms with Crippen LogP contribution in [0.25, 0.3) is 17.3 Å². The largest absolute Gasteiger partial charge is 0.497 e. The van der Waals surface area contributed by atoms with Crippen molar-refractivity contribution in [3.8, 4) is 22.8 Å². The van der Waals surface area contributed by atoms with Gasteiger partial charge < -0.3 is 25.4 Å². The fourth-order valence-corrected chi connectivity index (χ4v) is 5.64. The van der Waals surface area contributed by atoms with E-state index in [1.54, 1.807) is 81.0 Å². The lowest BCUT2D eigenvalue weighted by molar-refractivity contribution is -0.114. The highest BCUT2D eigenvalue weighted by molar-refractivity contribution is 8.00. The Bertz CT molecular complexity index is 1840. The lowest BCUT2D eigenvalue weighted by Crippen LogP contribution is -2.30. The number of aromatic nitrogens is 1. The molecule has 0 aliphatic heterocycles. The quantitative estimate of drug-likeness (QED) is 0.0986. The molecule has 11 heteroatoms. The molecule has 5 aromatic rings. The molecule has 1 aromatic heterocycles. The molecule has 0 saturated carbocycles. The summed E-state index contributed by atoms with van der Waals surface area (Å²) in [5, 5.41) is 10.8. The van der Waals surface area contributed by atoms with Crippen molar-refractivity contribution < 1.29 is 23.9 Å². The zero-order valence-electron chi connectivity index (χ0n) is 25.0. The maximum absolute atomic E-state index is 13.3. The summed E-state index contributed by atoms with van der Waals surface area (Å²) in [7, 11) is 3.17. The number of hydrogen-bond acceptors (Lipinski definition) is 8. The number of nitrogens with one attached hydrogen (secondary N) is 3. The standard InChI is InChI=1S/C35H30N4O5S2/c1-43-27-15-11-24(12-16-27)31-21-46-35(38-31)39-32(40)22-45-29-17-13-26(14-18-29)36-34(42)30(20-23-7-6-10-28(19-23)44-2)37-33(41)25-8-4-3-5-9-25/h3-21H,22H2,1-2H3,(H,36,42)(H,37,41)(H,38,39,40)/b30-20-. The Morgan fingerprint density at radius 1 is 0.826 bits per heavy atom. The first-order valence-corrected chi connectivity index (χ1v) is 15.9. The predicted octanol–water partition coefficient (Wildman–Crippen LogP) is 6.97. The summed E-state index contributed by atoms with van der Waals surface area (Å²) >= 11 is 2.72. The summed E-state index contributed by atoms with van der Waals surface area (Å²) in [4.78, 5) is 44.2. The third-order valence-corrected chi connectivity index (χ3v) is 8.32. The van der Waals surface area contributed by atoms with Gasteiger partial charge in [-0.05, 0) is 84.4 Å². The number of thiazole rings is 1. The Morgan fingerprint density at radius 3 is 2.28 bits per heavy atom. The number of benzene rings is 4. The Morgan fingerprint density at radius 2 is 1.57 bits per heavy atom. The summed E-state index contributed by atoms with van der Waals surface area (Å²) in [6.07, 6.45) is 1.59. The Balaban J connectivity index is 1.18. The van der Waals surface area contributed by atoms with E-state index in [2.05, 4.69) is 20.9 Å². The molecular weight excluding hydrogens is 621 g/mol. The van der Waals surface area contributed by atoms with Gasteiger partial charge in [0.15, 0.2) is 5.13 Å². The molecule has 232 valence electrons. The second-order valence-corrected chi connectivity index (χ2v) is 11.6. The summed E-state index contributed by atoms with van der Waals surface area (Å²) in [6.45, 7) is 0. The second kappa shape index (κ2) is 15.6. The van der Waals surface area contributed by atoms with Crippen molar-refractivity contribution in [1.29, 1.82) is 0 Å². The van der Waals surface area contributed by atoms with Gasteiger partial charge in [-0.25, -0.2) is 4.98 Å². The van der Waals surface area contributed by atoms with Gasteiger partial charge in [0.2, 0.25) is 5.91 Å². The zero-order chi connectivity index (χ0) is 32.3. The number of carbonyl (C=O) groups excluding carboxylic acids is 3. The Kier molecular flexibility index (Phi) is 10.8. The molecule has 46 heavy (non-hydrogen) atoms. The molecule has 5 rings (SSSR count). The minimum Gasteiger partial charge on any atom is -0.497 e. The molecule has 0 spiro atoms. The number of carbonyl (C=O) groups is 3. The Labute approximate surface area is 274 Å². The molecule has 3 amide bonds. The van der Waals surface area contributed by atoms with Crippen LogP contribution < -0.4 is 25.4 Å². The van der Waals surface area contributed by atoms with E-state index in [0.717, 1.165) is 21.9 Å². The molecule has 0 aliphatic rings. The summed E-state index contributed by atoms with van der Waals surface area (Å²) < 4.78 is 10.5. The van der Waals surface area contributed by atoms with Gasteiger partial charge in [0.25, 0.3) is 11.8 Å². The molecule has 0 atom stereocenters. The van der Waals surface area contributed by atoms with Gasteiger partial charge in [-0.3, -0.25) is 14.4 Å². The molecule has 0 bridgehead atoms. The van der Waals surface area contributed by atoms with Crippen molar-refractivity contribution in [2.24, 2.45) is 0 Å². The number of hydrogen-bond donors (Lipinski definition) is 3. The first kappa shape index (κ1) is 32.0. The van der Waals surface area contributed by atoms with Crippen molar-refractivity contribution >= 4 is 57.7 Å². The molecule has 0 aliphatic carbocycles. The van der Waals surface area contributed by atoms with E-state index in [-0.39, 0.29) is 17.4 Å². The van der Waals surface area contributed by atoms with Gasteiger partial charge in [-0.2, -0.15) is 0 Å². The first-order chi connectivity index (χ1) is 22.4. The summed E-state index contributed by atoms with van der Waals surface area (Å²) in [6, 6.07) is 30.5. The van der Waals surface area contributed by atoms with Crippen LogP contribution in [0.2, 0.25) is 0 Å². The van der Waals surface area contributed by atoms with Crippen molar-refractivity contribution in [1.82, 2.24) is 10.3 Å². The third kappa shape index (κ3) is 8.84. The van der Waals surface area contributed by atoms with E-state index in [0.29, 0.717) is 27.7 Å². The zero-order valence-corrected chi connectivity index (χ0v) is 26.6. The summed E-state index contributed by atoms with van der Waals surface area (Å²) in [5.74, 6) is 0.476. The molecule has 1 heterocycles. The van der Waals surface area contributed by atoms with Crippen molar-refractivity contribution in [3.63, 3.8) is 0 Å². The van der Waals surface area contributed by atoms with E-state index in [9.17, 15) is 14.4 Å². The molecule has 0 fully saturated rings. The van der Waals surface area contributed by atoms with Crippen LogP contribution in [0.4, 0.5) is 10.8 Å². The maximum atomic E-state index is 13.3. The molecule has 0 radical (unpaired) electrons. The van der Waals surface area contributed by atoms with Crippen LogP contribution in [-0.4, -0.2) is 42.7 Å². The number of ether oxygens (including phenoxy) is 2. The van der Waals surface area contributed by atoms with E-state index in [1.807, 2.05) is 47.8 Å². The lowest BCUT2D eigenvalue weighted by atomic mass is 10.1. The number of amides is 3. The minimum absolute atomic E-state index is 0.0644.